The van der Waals surface area contributed by atoms with Crippen LogP contribution in [0, 0.1) is 0 Å². The van der Waals surface area contributed by atoms with E-state index in [0.29, 0.717) is 0 Å². The number of amides is 1. The highest BCUT2D eigenvalue weighted by molar-refractivity contribution is 5.92. The molecule has 1 aromatic carbocycles. The maximum absolute atomic E-state index is 12.4. The van der Waals surface area contributed by atoms with Crippen LogP contribution in [0.1, 0.15) is 49.0 Å². The summed E-state index contributed by atoms with van der Waals surface area (Å²) in [6, 6.07) is 5.56. The van der Waals surface area contributed by atoms with Crippen molar-refractivity contribution in [1.82, 2.24) is 24.8 Å². The number of hydrogen-bond acceptors (Lipinski definition) is 5. The standard InChI is InChI=1S/C19H23N5O2/c1-4-5-10-24-17-11-14(26-3)6-7-15(17)23-18(24)13(2)22-19(25)16-12-20-8-9-21-16/h6-9,11-13H,4-5,10H2,1-3H3,(H,22,25). The number of imidazole rings is 1. The number of ether oxygens (including phenoxy) is 1. The molecule has 0 aliphatic carbocycles. The molecule has 136 valence electrons. The second-order valence-electron chi connectivity index (χ2n) is 6.12. The molecular weight excluding hydrogens is 330 g/mol. The molecule has 0 aliphatic heterocycles. The molecule has 0 saturated heterocycles. The predicted octanol–water partition coefficient (Wildman–Crippen LogP) is 3.13. The van der Waals surface area contributed by atoms with Crippen LogP contribution in [0.3, 0.4) is 0 Å². The lowest BCUT2D eigenvalue weighted by molar-refractivity contribution is 0.0932. The van der Waals surface area contributed by atoms with E-state index in [1.165, 1.54) is 18.6 Å². The Bertz CT molecular complexity index is 892. The number of nitrogens with zero attached hydrogens (tertiary/aromatic N) is 4. The van der Waals surface area contributed by atoms with Gasteiger partial charge in [0.05, 0.1) is 30.4 Å². The fourth-order valence-electron chi connectivity index (χ4n) is 2.88. The number of carbonyl (C=O) groups is 1. The van der Waals surface area contributed by atoms with Crippen molar-refractivity contribution < 1.29 is 9.53 Å². The second kappa shape index (κ2) is 7.95. The Kier molecular flexibility index (Phi) is 5.46. The van der Waals surface area contributed by atoms with E-state index >= 15 is 0 Å². The maximum Gasteiger partial charge on any atom is 0.272 e. The summed E-state index contributed by atoms with van der Waals surface area (Å²) >= 11 is 0. The molecule has 1 unspecified atom stereocenters. The van der Waals surface area contributed by atoms with Gasteiger partial charge in [0, 0.05) is 25.0 Å². The summed E-state index contributed by atoms with van der Waals surface area (Å²) in [4.78, 5) is 25.1. The Morgan fingerprint density at radius 2 is 2.19 bits per heavy atom. The van der Waals surface area contributed by atoms with Crippen LogP contribution in [0.25, 0.3) is 11.0 Å². The first-order chi connectivity index (χ1) is 12.6. The average Bonchev–Trinajstić information content (AvgIpc) is 3.04. The smallest absolute Gasteiger partial charge is 0.272 e. The summed E-state index contributed by atoms with van der Waals surface area (Å²) in [5.74, 6) is 1.34. The molecule has 0 spiro atoms. The molecule has 2 heterocycles. The molecular formula is C19H23N5O2. The van der Waals surface area contributed by atoms with Gasteiger partial charge in [0.1, 0.15) is 17.3 Å². The lowest BCUT2D eigenvalue weighted by Crippen LogP contribution is -2.29. The molecule has 26 heavy (non-hydrogen) atoms. The van der Waals surface area contributed by atoms with Gasteiger partial charge in [-0.05, 0) is 25.5 Å². The van der Waals surface area contributed by atoms with E-state index in [4.69, 9.17) is 9.72 Å². The van der Waals surface area contributed by atoms with Gasteiger partial charge in [0.15, 0.2) is 0 Å². The third kappa shape index (κ3) is 3.66. The van der Waals surface area contributed by atoms with Gasteiger partial charge < -0.3 is 14.6 Å². The quantitative estimate of drug-likeness (QED) is 0.706. The van der Waals surface area contributed by atoms with E-state index in [-0.39, 0.29) is 17.6 Å². The Balaban J connectivity index is 1.93. The van der Waals surface area contributed by atoms with E-state index in [0.717, 1.165) is 42.0 Å². The van der Waals surface area contributed by atoms with Crippen LogP contribution in [-0.2, 0) is 6.54 Å². The van der Waals surface area contributed by atoms with Gasteiger partial charge in [0.25, 0.3) is 5.91 Å². The summed E-state index contributed by atoms with van der Waals surface area (Å²) in [5, 5.41) is 2.96. The highest BCUT2D eigenvalue weighted by Crippen LogP contribution is 2.25. The number of nitrogens with one attached hydrogen (secondary N) is 1. The van der Waals surface area contributed by atoms with Crippen molar-refractivity contribution in [3.05, 3.63) is 48.3 Å². The van der Waals surface area contributed by atoms with Crippen LogP contribution in [0.4, 0.5) is 0 Å². The SMILES string of the molecule is CCCCn1c(C(C)NC(=O)c2cnccn2)nc2ccc(OC)cc21. The van der Waals surface area contributed by atoms with Gasteiger partial charge in [0.2, 0.25) is 0 Å². The maximum atomic E-state index is 12.4. The van der Waals surface area contributed by atoms with Crippen LogP contribution in [-0.4, -0.2) is 32.5 Å². The number of methoxy groups -OCH3 is 1. The monoisotopic (exact) mass is 353 g/mol. The highest BCUT2D eigenvalue weighted by Gasteiger charge is 2.20. The van der Waals surface area contributed by atoms with Gasteiger partial charge in [-0.25, -0.2) is 9.97 Å². The number of hydrogen-bond donors (Lipinski definition) is 1. The molecule has 0 aliphatic rings. The molecule has 0 fully saturated rings. The zero-order valence-corrected chi connectivity index (χ0v) is 15.3. The topological polar surface area (TPSA) is 81.9 Å². The first-order valence-electron chi connectivity index (χ1n) is 8.75. The molecule has 0 saturated carbocycles. The summed E-state index contributed by atoms with van der Waals surface area (Å²) in [5.41, 5.74) is 2.18. The second-order valence-corrected chi connectivity index (χ2v) is 6.12. The highest BCUT2D eigenvalue weighted by atomic mass is 16.5. The van der Waals surface area contributed by atoms with Crippen molar-refractivity contribution in [2.75, 3.05) is 7.11 Å². The van der Waals surface area contributed by atoms with Crippen molar-refractivity contribution in [3.8, 4) is 5.75 Å². The Hall–Kier alpha value is -2.96. The third-order valence-electron chi connectivity index (χ3n) is 4.25. The number of carbonyl (C=O) groups excluding carboxylic acids is 1. The predicted molar refractivity (Wildman–Crippen MR) is 99.1 cm³/mol. The molecule has 7 heteroatoms. The minimum atomic E-state index is -0.266. The largest absolute Gasteiger partial charge is 0.497 e. The average molecular weight is 353 g/mol. The number of aromatic nitrogens is 4. The van der Waals surface area contributed by atoms with Crippen LogP contribution in [0.5, 0.6) is 5.75 Å². The van der Waals surface area contributed by atoms with Crippen LogP contribution < -0.4 is 10.1 Å². The van der Waals surface area contributed by atoms with Gasteiger partial charge in [-0.1, -0.05) is 13.3 Å². The number of fused-ring (bicyclic) bond motifs is 1. The normalized spacial score (nSPS) is 12.1. The van der Waals surface area contributed by atoms with Crippen LogP contribution >= 0.6 is 0 Å². The van der Waals surface area contributed by atoms with Crippen molar-refractivity contribution in [2.45, 2.75) is 39.3 Å². The van der Waals surface area contributed by atoms with E-state index in [2.05, 4.69) is 26.8 Å². The summed E-state index contributed by atoms with van der Waals surface area (Å²) < 4.78 is 7.50. The molecule has 1 amide bonds. The fraction of sp³-hybridized carbons (Fsp3) is 0.368. The lowest BCUT2D eigenvalue weighted by Gasteiger charge is -2.16. The summed E-state index contributed by atoms with van der Waals surface area (Å²) in [6.07, 6.45) is 6.59. The molecule has 3 rings (SSSR count). The fourth-order valence-corrected chi connectivity index (χ4v) is 2.88. The number of unbranched alkanes of at least 4 members (excludes halogenated alkanes) is 1. The number of benzene rings is 1. The summed E-state index contributed by atoms with van der Waals surface area (Å²) in [6.45, 7) is 4.91. The molecule has 0 bridgehead atoms. The van der Waals surface area contributed by atoms with Gasteiger partial charge in [-0.3, -0.25) is 9.78 Å². The van der Waals surface area contributed by atoms with Gasteiger partial charge in [-0.15, -0.1) is 0 Å². The van der Waals surface area contributed by atoms with Crippen LogP contribution in [0.15, 0.2) is 36.8 Å². The van der Waals surface area contributed by atoms with Crippen molar-refractivity contribution in [2.24, 2.45) is 0 Å². The molecule has 1 N–H and O–H groups in total. The molecule has 1 atom stereocenters. The first kappa shape index (κ1) is 17.8. The zero-order valence-electron chi connectivity index (χ0n) is 15.3. The van der Waals surface area contributed by atoms with E-state index in [1.807, 2.05) is 25.1 Å². The first-order valence-corrected chi connectivity index (χ1v) is 8.75. The number of aryl methyl sites for hydroxylation is 1. The minimum absolute atomic E-state index is 0.264. The Labute approximate surface area is 152 Å². The Morgan fingerprint density at radius 1 is 1.35 bits per heavy atom. The minimum Gasteiger partial charge on any atom is -0.497 e. The Morgan fingerprint density at radius 3 is 2.88 bits per heavy atom. The van der Waals surface area contributed by atoms with Gasteiger partial charge in [-0.2, -0.15) is 0 Å². The van der Waals surface area contributed by atoms with Crippen molar-refractivity contribution in [3.63, 3.8) is 0 Å². The summed E-state index contributed by atoms with van der Waals surface area (Å²) in [7, 11) is 1.65. The molecule has 3 aromatic rings. The van der Waals surface area contributed by atoms with E-state index in [1.54, 1.807) is 7.11 Å². The molecule has 7 nitrogen and oxygen atoms in total. The van der Waals surface area contributed by atoms with Crippen molar-refractivity contribution >= 4 is 16.9 Å². The third-order valence-corrected chi connectivity index (χ3v) is 4.25. The number of rotatable bonds is 7. The lowest BCUT2D eigenvalue weighted by atomic mass is 10.2. The molecule has 0 radical (unpaired) electrons. The van der Waals surface area contributed by atoms with E-state index < -0.39 is 0 Å². The van der Waals surface area contributed by atoms with Crippen molar-refractivity contribution in [1.29, 1.82) is 0 Å². The zero-order chi connectivity index (χ0) is 18.5. The molecule has 2 aromatic heterocycles. The van der Waals surface area contributed by atoms with E-state index in [9.17, 15) is 4.79 Å². The van der Waals surface area contributed by atoms with Crippen LogP contribution in [0.2, 0.25) is 0 Å². The van der Waals surface area contributed by atoms with Gasteiger partial charge >= 0.3 is 0 Å².